The average Bonchev–Trinajstić information content (AvgIpc) is 2.60. The first-order chi connectivity index (χ1) is 12.0. The van der Waals surface area contributed by atoms with Gasteiger partial charge in [-0.3, -0.25) is 0 Å². The molecule has 0 heterocycles. The third-order valence-corrected chi connectivity index (χ3v) is 5.25. The van der Waals surface area contributed by atoms with Crippen LogP contribution in [0.15, 0.2) is 65.6 Å². The Morgan fingerprint density at radius 3 is 2.48 bits per heavy atom. The molecule has 1 N–H and O–H groups in total. The first kappa shape index (κ1) is 17.4. The summed E-state index contributed by atoms with van der Waals surface area (Å²) in [5, 5.41) is 1.32. The van der Waals surface area contributed by atoms with E-state index < -0.39 is 15.8 Å². The largest absolute Gasteiger partial charge is 0.493 e. The lowest BCUT2D eigenvalue weighted by Crippen LogP contribution is -2.23. The van der Waals surface area contributed by atoms with Crippen molar-refractivity contribution in [1.82, 2.24) is 4.72 Å². The Kier molecular flexibility index (Phi) is 5.01. The number of halogens is 1. The van der Waals surface area contributed by atoms with E-state index in [0.717, 1.165) is 5.39 Å². The molecule has 0 aliphatic rings. The maximum absolute atomic E-state index is 13.2. The van der Waals surface area contributed by atoms with Gasteiger partial charge in [-0.25, -0.2) is 17.5 Å². The Morgan fingerprint density at radius 2 is 1.76 bits per heavy atom. The van der Waals surface area contributed by atoms with Crippen LogP contribution in [0.1, 0.15) is 12.5 Å². The van der Waals surface area contributed by atoms with E-state index in [1.165, 1.54) is 18.2 Å². The molecule has 0 fully saturated rings. The average molecular weight is 359 g/mol. The summed E-state index contributed by atoms with van der Waals surface area (Å²) in [5.41, 5.74) is 0.554. The minimum absolute atomic E-state index is 0.0155. The second-order valence-corrected chi connectivity index (χ2v) is 7.23. The van der Waals surface area contributed by atoms with E-state index in [9.17, 15) is 12.8 Å². The van der Waals surface area contributed by atoms with Gasteiger partial charge in [-0.1, -0.05) is 36.4 Å². The smallest absolute Gasteiger partial charge is 0.241 e. The van der Waals surface area contributed by atoms with Crippen molar-refractivity contribution in [3.05, 3.63) is 72.0 Å². The highest BCUT2D eigenvalue weighted by Gasteiger charge is 2.18. The van der Waals surface area contributed by atoms with Crippen LogP contribution in [0.25, 0.3) is 10.8 Å². The molecule has 0 saturated carbocycles. The van der Waals surface area contributed by atoms with Crippen molar-refractivity contribution in [2.75, 3.05) is 6.61 Å². The van der Waals surface area contributed by atoms with Gasteiger partial charge in [0.1, 0.15) is 11.6 Å². The molecule has 0 spiro atoms. The third-order valence-electron chi connectivity index (χ3n) is 3.79. The van der Waals surface area contributed by atoms with Crippen LogP contribution in [0, 0.1) is 5.82 Å². The number of hydrogen-bond acceptors (Lipinski definition) is 3. The Balaban J connectivity index is 1.96. The van der Waals surface area contributed by atoms with Crippen molar-refractivity contribution in [3.63, 3.8) is 0 Å². The van der Waals surface area contributed by atoms with E-state index in [1.54, 1.807) is 30.3 Å². The van der Waals surface area contributed by atoms with E-state index in [-0.39, 0.29) is 11.4 Å². The SMILES string of the molecule is CCOc1ccc(S(=O)(=O)NCc2cccc(F)c2)c2ccccc12. The fourth-order valence-electron chi connectivity index (χ4n) is 2.66. The molecule has 0 unspecified atom stereocenters. The zero-order chi connectivity index (χ0) is 17.9. The summed E-state index contributed by atoms with van der Waals surface area (Å²) in [5.74, 6) is 0.241. The summed E-state index contributed by atoms with van der Waals surface area (Å²) < 4.78 is 46.8. The maximum atomic E-state index is 13.2. The van der Waals surface area contributed by atoms with E-state index in [0.29, 0.717) is 23.3 Å². The first-order valence-electron chi connectivity index (χ1n) is 7.90. The van der Waals surface area contributed by atoms with Crippen molar-refractivity contribution in [2.45, 2.75) is 18.4 Å². The predicted molar refractivity (Wildman–Crippen MR) is 95.5 cm³/mol. The Hall–Kier alpha value is -2.44. The van der Waals surface area contributed by atoms with Crippen molar-refractivity contribution >= 4 is 20.8 Å². The second-order valence-electron chi connectivity index (χ2n) is 5.49. The van der Waals surface area contributed by atoms with Gasteiger partial charge in [-0.15, -0.1) is 0 Å². The molecule has 0 aromatic heterocycles. The van der Waals surface area contributed by atoms with E-state index in [4.69, 9.17) is 4.74 Å². The van der Waals surface area contributed by atoms with Gasteiger partial charge in [0.15, 0.2) is 0 Å². The molecule has 3 aromatic carbocycles. The highest BCUT2D eigenvalue weighted by Crippen LogP contribution is 2.31. The summed E-state index contributed by atoms with van der Waals surface area (Å²) in [4.78, 5) is 0.169. The zero-order valence-corrected chi connectivity index (χ0v) is 14.5. The molecule has 3 aromatic rings. The quantitative estimate of drug-likeness (QED) is 0.727. The van der Waals surface area contributed by atoms with Crippen molar-refractivity contribution < 1.29 is 17.5 Å². The van der Waals surface area contributed by atoms with Crippen LogP contribution in [-0.2, 0) is 16.6 Å². The van der Waals surface area contributed by atoms with E-state index in [1.807, 2.05) is 19.1 Å². The second kappa shape index (κ2) is 7.21. The fraction of sp³-hybridized carbons (Fsp3) is 0.158. The van der Waals surface area contributed by atoms with Crippen LogP contribution < -0.4 is 9.46 Å². The molecule has 0 radical (unpaired) electrons. The number of rotatable bonds is 6. The minimum Gasteiger partial charge on any atom is -0.493 e. The highest BCUT2D eigenvalue weighted by molar-refractivity contribution is 7.89. The molecule has 0 aliphatic carbocycles. The van der Waals surface area contributed by atoms with Crippen molar-refractivity contribution in [1.29, 1.82) is 0 Å². The number of fused-ring (bicyclic) bond motifs is 1. The lowest BCUT2D eigenvalue weighted by Gasteiger charge is -2.13. The van der Waals surface area contributed by atoms with Crippen molar-refractivity contribution in [3.8, 4) is 5.75 Å². The Bertz CT molecular complexity index is 1000. The summed E-state index contributed by atoms with van der Waals surface area (Å²) in [6, 6.07) is 16.2. The molecule has 6 heteroatoms. The molecule has 0 amide bonds. The van der Waals surface area contributed by atoms with Gasteiger partial charge in [0.05, 0.1) is 11.5 Å². The molecular formula is C19H18FNO3S. The highest BCUT2D eigenvalue weighted by atomic mass is 32.2. The number of sulfonamides is 1. The minimum atomic E-state index is -3.76. The molecule has 25 heavy (non-hydrogen) atoms. The molecule has 4 nitrogen and oxygen atoms in total. The summed E-state index contributed by atoms with van der Waals surface area (Å²) in [6.07, 6.45) is 0. The predicted octanol–water partition coefficient (Wildman–Crippen LogP) is 3.86. The van der Waals surface area contributed by atoms with Gasteiger partial charge >= 0.3 is 0 Å². The van der Waals surface area contributed by atoms with Crippen molar-refractivity contribution in [2.24, 2.45) is 0 Å². The van der Waals surface area contributed by atoms with Crippen LogP contribution in [0.4, 0.5) is 4.39 Å². The van der Waals surface area contributed by atoms with Gasteiger partial charge in [0.2, 0.25) is 10.0 Å². The normalized spacial score (nSPS) is 11.6. The molecular weight excluding hydrogens is 341 g/mol. The molecule has 130 valence electrons. The lowest BCUT2D eigenvalue weighted by molar-refractivity contribution is 0.344. The van der Waals surface area contributed by atoms with Crippen LogP contribution >= 0.6 is 0 Å². The molecule has 0 aliphatic heterocycles. The summed E-state index contributed by atoms with van der Waals surface area (Å²) >= 11 is 0. The van der Waals surface area contributed by atoms with Gasteiger partial charge in [0, 0.05) is 17.3 Å². The van der Waals surface area contributed by atoms with Crippen LogP contribution in [0.5, 0.6) is 5.75 Å². The zero-order valence-electron chi connectivity index (χ0n) is 13.7. The number of hydrogen-bond donors (Lipinski definition) is 1. The molecule has 0 saturated heterocycles. The monoisotopic (exact) mass is 359 g/mol. The number of nitrogens with one attached hydrogen (secondary N) is 1. The van der Waals surface area contributed by atoms with E-state index in [2.05, 4.69) is 4.72 Å². The molecule has 3 rings (SSSR count). The first-order valence-corrected chi connectivity index (χ1v) is 9.38. The fourth-order valence-corrected chi connectivity index (χ4v) is 3.89. The lowest BCUT2D eigenvalue weighted by atomic mass is 10.1. The van der Waals surface area contributed by atoms with Gasteiger partial charge in [-0.2, -0.15) is 0 Å². The summed E-state index contributed by atoms with van der Waals surface area (Å²) in [6.45, 7) is 2.38. The molecule has 0 atom stereocenters. The van der Waals surface area contributed by atoms with Crippen LogP contribution in [0.2, 0.25) is 0 Å². The third kappa shape index (κ3) is 3.81. The van der Waals surface area contributed by atoms with Gasteiger partial charge < -0.3 is 4.74 Å². The van der Waals surface area contributed by atoms with Crippen LogP contribution in [-0.4, -0.2) is 15.0 Å². The topological polar surface area (TPSA) is 55.4 Å². The van der Waals surface area contributed by atoms with Gasteiger partial charge in [0.25, 0.3) is 0 Å². The molecule has 0 bridgehead atoms. The van der Waals surface area contributed by atoms with Crippen LogP contribution in [0.3, 0.4) is 0 Å². The van der Waals surface area contributed by atoms with Gasteiger partial charge in [-0.05, 0) is 36.8 Å². The number of benzene rings is 3. The number of ether oxygens (including phenoxy) is 1. The standard InChI is InChI=1S/C19H18FNO3S/c1-2-24-18-10-11-19(17-9-4-3-8-16(17)18)25(22,23)21-13-14-6-5-7-15(20)12-14/h3-12,21H,2,13H2,1H3. The van der Waals surface area contributed by atoms with E-state index >= 15 is 0 Å². The Labute approximate surface area is 146 Å². The Morgan fingerprint density at radius 1 is 1.00 bits per heavy atom. The maximum Gasteiger partial charge on any atom is 0.241 e. The summed E-state index contributed by atoms with van der Waals surface area (Å²) in [7, 11) is -3.76.